The molecule has 1 aromatic rings. The highest BCUT2D eigenvalue weighted by Gasteiger charge is 2.15. The standard InChI is InChI=1S/C10H12INO3S/c1-2-7(4-9(13)14)12-10(15)6-3-8(11)16-5-6/h3,5,7H,2,4H2,1H3,(H,12,15)(H,13,14). The van der Waals surface area contributed by atoms with Gasteiger partial charge in [-0.1, -0.05) is 6.92 Å². The predicted molar refractivity (Wildman–Crippen MR) is 70.8 cm³/mol. The van der Waals surface area contributed by atoms with Crippen LogP contribution >= 0.6 is 33.9 Å². The molecule has 0 saturated carbocycles. The Labute approximate surface area is 111 Å². The average molecular weight is 353 g/mol. The second-order valence-corrected chi connectivity index (χ2v) is 6.12. The van der Waals surface area contributed by atoms with Gasteiger partial charge in [0.05, 0.1) is 14.9 Å². The van der Waals surface area contributed by atoms with Crippen molar-refractivity contribution in [2.45, 2.75) is 25.8 Å². The number of hydrogen-bond donors (Lipinski definition) is 2. The Morgan fingerprint density at radius 2 is 2.31 bits per heavy atom. The number of rotatable bonds is 5. The Morgan fingerprint density at radius 1 is 1.62 bits per heavy atom. The van der Waals surface area contributed by atoms with Crippen LogP contribution in [0, 0.1) is 2.88 Å². The number of thiophene rings is 1. The second kappa shape index (κ2) is 6.19. The van der Waals surface area contributed by atoms with Crippen molar-refractivity contribution in [3.8, 4) is 0 Å². The van der Waals surface area contributed by atoms with Crippen LogP contribution in [0.15, 0.2) is 11.4 Å². The van der Waals surface area contributed by atoms with Crippen LogP contribution in [0.2, 0.25) is 0 Å². The molecule has 1 heterocycles. The molecule has 0 aliphatic carbocycles. The molecule has 0 aromatic carbocycles. The summed E-state index contributed by atoms with van der Waals surface area (Å²) in [7, 11) is 0. The Kier molecular flexibility index (Phi) is 5.20. The highest BCUT2D eigenvalue weighted by atomic mass is 127. The first kappa shape index (κ1) is 13.4. The molecule has 4 nitrogen and oxygen atoms in total. The lowest BCUT2D eigenvalue weighted by Gasteiger charge is -2.13. The summed E-state index contributed by atoms with van der Waals surface area (Å²) >= 11 is 3.63. The minimum absolute atomic E-state index is 0.0382. The maximum atomic E-state index is 11.7. The van der Waals surface area contributed by atoms with Crippen molar-refractivity contribution in [2.24, 2.45) is 0 Å². The van der Waals surface area contributed by atoms with Gasteiger partial charge in [-0.2, -0.15) is 0 Å². The van der Waals surface area contributed by atoms with Crippen molar-refractivity contribution in [3.05, 3.63) is 19.9 Å². The van der Waals surface area contributed by atoms with Gasteiger partial charge in [0.2, 0.25) is 0 Å². The van der Waals surface area contributed by atoms with E-state index in [0.717, 1.165) is 2.88 Å². The molecule has 1 aromatic heterocycles. The Balaban J connectivity index is 2.58. The van der Waals surface area contributed by atoms with E-state index in [1.807, 2.05) is 6.92 Å². The van der Waals surface area contributed by atoms with E-state index in [4.69, 9.17) is 5.11 Å². The predicted octanol–water partition coefficient (Wildman–Crippen LogP) is 2.34. The third-order valence-corrected chi connectivity index (χ3v) is 3.87. The fourth-order valence-corrected chi connectivity index (χ4v) is 2.53. The molecule has 6 heteroatoms. The summed E-state index contributed by atoms with van der Waals surface area (Å²) in [5.41, 5.74) is 0.596. The zero-order valence-corrected chi connectivity index (χ0v) is 11.7. The SMILES string of the molecule is CCC(CC(=O)O)NC(=O)c1csc(I)c1. The van der Waals surface area contributed by atoms with Crippen molar-refractivity contribution in [1.82, 2.24) is 5.32 Å². The number of halogens is 1. The van der Waals surface area contributed by atoms with Crippen molar-refractivity contribution in [3.63, 3.8) is 0 Å². The molecule has 16 heavy (non-hydrogen) atoms. The van der Waals surface area contributed by atoms with Gasteiger partial charge in [0.25, 0.3) is 5.91 Å². The van der Waals surface area contributed by atoms with E-state index in [9.17, 15) is 9.59 Å². The van der Waals surface area contributed by atoms with Gasteiger partial charge in [-0.05, 0) is 35.1 Å². The number of amides is 1. The van der Waals surface area contributed by atoms with Gasteiger partial charge in [-0.25, -0.2) is 0 Å². The van der Waals surface area contributed by atoms with E-state index < -0.39 is 5.97 Å². The van der Waals surface area contributed by atoms with Gasteiger partial charge in [0.15, 0.2) is 0 Å². The lowest BCUT2D eigenvalue weighted by molar-refractivity contribution is -0.137. The number of aliphatic carboxylic acids is 1. The first-order chi connectivity index (χ1) is 7.52. The molecule has 2 N–H and O–H groups in total. The molecule has 0 bridgehead atoms. The number of hydrogen-bond acceptors (Lipinski definition) is 3. The number of carboxylic acid groups (broad SMARTS) is 1. The fraction of sp³-hybridized carbons (Fsp3) is 0.400. The van der Waals surface area contributed by atoms with E-state index >= 15 is 0 Å². The smallest absolute Gasteiger partial charge is 0.305 e. The molecule has 0 spiro atoms. The molecule has 88 valence electrons. The molecule has 1 amide bonds. The van der Waals surface area contributed by atoms with Crippen LogP contribution in [0.1, 0.15) is 30.1 Å². The molecule has 1 atom stereocenters. The lowest BCUT2D eigenvalue weighted by Crippen LogP contribution is -2.35. The van der Waals surface area contributed by atoms with Gasteiger partial charge in [-0.3, -0.25) is 9.59 Å². The molecule has 1 rings (SSSR count). The van der Waals surface area contributed by atoms with Crippen LogP contribution in [0.25, 0.3) is 0 Å². The summed E-state index contributed by atoms with van der Waals surface area (Å²) in [6.07, 6.45) is 0.572. The summed E-state index contributed by atoms with van der Waals surface area (Å²) < 4.78 is 1.04. The van der Waals surface area contributed by atoms with Crippen molar-refractivity contribution >= 4 is 45.8 Å². The number of carbonyl (C=O) groups excluding carboxylic acids is 1. The number of carboxylic acids is 1. The lowest BCUT2D eigenvalue weighted by atomic mass is 10.1. The maximum absolute atomic E-state index is 11.7. The molecular weight excluding hydrogens is 341 g/mol. The van der Waals surface area contributed by atoms with E-state index in [2.05, 4.69) is 27.9 Å². The summed E-state index contributed by atoms with van der Waals surface area (Å²) in [6.45, 7) is 1.85. The molecule has 0 aliphatic rings. The highest BCUT2D eigenvalue weighted by Crippen LogP contribution is 2.16. The summed E-state index contributed by atoms with van der Waals surface area (Å²) in [5, 5.41) is 13.1. The Hall–Kier alpha value is -0.630. The molecule has 0 radical (unpaired) electrons. The first-order valence-electron chi connectivity index (χ1n) is 4.79. The largest absolute Gasteiger partial charge is 0.481 e. The summed E-state index contributed by atoms with van der Waals surface area (Å²) in [4.78, 5) is 22.2. The molecule has 0 aliphatic heterocycles. The average Bonchev–Trinajstić information content (AvgIpc) is 2.63. The Bertz CT molecular complexity index is 391. The van der Waals surface area contributed by atoms with E-state index in [0.29, 0.717) is 12.0 Å². The summed E-state index contributed by atoms with van der Waals surface area (Å²) in [5.74, 6) is -1.10. The van der Waals surface area contributed by atoms with Gasteiger partial charge >= 0.3 is 5.97 Å². The molecular formula is C10H12INO3S. The number of carbonyl (C=O) groups is 2. The third kappa shape index (κ3) is 4.09. The van der Waals surface area contributed by atoms with Gasteiger partial charge < -0.3 is 10.4 Å². The minimum atomic E-state index is -0.896. The molecule has 0 saturated heterocycles. The van der Waals surface area contributed by atoms with Crippen LogP contribution in [-0.2, 0) is 4.79 Å². The van der Waals surface area contributed by atoms with E-state index in [1.54, 1.807) is 11.4 Å². The fourth-order valence-electron chi connectivity index (χ4n) is 1.21. The molecule has 1 unspecified atom stereocenters. The zero-order chi connectivity index (χ0) is 12.1. The third-order valence-electron chi connectivity index (χ3n) is 2.08. The summed E-state index contributed by atoms with van der Waals surface area (Å²) in [6, 6.07) is 1.48. The van der Waals surface area contributed by atoms with Crippen LogP contribution in [0.3, 0.4) is 0 Å². The first-order valence-corrected chi connectivity index (χ1v) is 6.75. The van der Waals surface area contributed by atoms with Crippen molar-refractivity contribution in [2.75, 3.05) is 0 Å². The Morgan fingerprint density at radius 3 is 2.75 bits per heavy atom. The zero-order valence-electron chi connectivity index (χ0n) is 8.70. The van der Waals surface area contributed by atoms with E-state index in [-0.39, 0.29) is 18.4 Å². The number of nitrogens with one attached hydrogen (secondary N) is 1. The van der Waals surface area contributed by atoms with Crippen LogP contribution in [0.4, 0.5) is 0 Å². The maximum Gasteiger partial charge on any atom is 0.305 e. The normalized spacial score (nSPS) is 12.1. The minimum Gasteiger partial charge on any atom is -0.481 e. The van der Waals surface area contributed by atoms with Gasteiger partial charge in [0, 0.05) is 11.4 Å². The second-order valence-electron chi connectivity index (χ2n) is 3.32. The van der Waals surface area contributed by atoms with Crippen molar-refractivity contribution < 1.29 is 14.7 Å². The van der Waals surface area contributed by atoms with Crippen LogP contribution in [0.5, 0.6) is 0 Å². The topological polar surface area (TPSA) is 66.4 Å². The van der Waals surface area contributed by atoms with Crippen LogP contribution < -0.4 is 5.32 Å². The van der Waals surface area contributed by atoms with E-state index in [1.165, 1.54) is 11.3 Å². The van der Waals surface area contributed by atoms with Gasteiger partial charge in [0.1, 0.15) is 0 Å². The van der Waals surface area contributed by atoms with Gasteiger partial charge in [-0.15, -0.1) is 11.3 Å². The molecule has 0 fully saturated rings. The quantitative estimate of drug-likeness (QED) is 0.799. The van der Waals surface area contributed by atoms with Crippen molar-refractivity contribution in [1.29, 1.82) is 0 Å². The van der Waals surface area contributed by atoms with Crippen LogP contribution in [-0.4, -0.2) is 23.0 Å². The monoisotopic (exact) mass is 353 g/mol. The highest BCUT2D eigenvalue weighted by molar-refractivity contribution is 14.1.